The van der Waals surface area contributed by atoms with Crippen molar-refractivity contribution in [3.8, 4) is 0 Å². The number of halogens is 1. The summed E-state index contributed by atoms with van der Waals surface area (Å²) in [7, 11) is -3.36. The van der Waals surface area contributed by atoms with E-state index in [2.05, 4.69) is 15.9 Å². The molecule has 1 aromatic rings. The summed E-state index contributed by atoms with van der Waals surface area (Å²) in [6, 6.07) is 6.74. The first-order valence-corrected chi connectivity index (χ1v) is 9.05. The number of alkyl halides is 1. The van der Waals surface area contributed by atoms with E-state index in [9.17, 15) is 13.2 Å². The molecule has 21 heavy (non-hydrogen) atoms. The summed E-state index contributed by atoms with van der Waals surface area (Å²) < 4.78 is 29.4. The number of esters is 1. The molecule has 1 atom stereocenters. The van der Waals surface area contributed by atoms with E-state index in [4.69, 9.17) is 4.74 Å². The standard InChI is InChI=1S/C15H19BrO4S/c1-11-4-6-14(7-5-11)21(18,19)10-12(2)8-9-20-15(17)13(3)16/h4-8,13H,9-10H2,1-3H3/b12-8+. The maximum atomic E-state index is 12.2. The summed E-state index contributed by atoms with van der Waals surface area (Å²) in [6.45, 7) is 5.35. The van der Waals surface area contributed by atoms with Crippen molar-refractivity contribution in [1.82, 2.24) is 0 Å². The highest BCUT2D eigenvalue weighted by Gasteiger charge is 2.15. The van der Waals surface area contributed by atoms with E-state index in [-0.39, 0.29) is 23.2 Å². The van der Waals surface area contributed by atoms with Gasteiger partial charge in [-0.25, -0.2) is 8.42 Å². The average molecular weight is 375 g/mol. The molecule has 0 heterocycles. The van der Waals surface area contributed by atoms with E-state index in [1.54, 1.807) is 44.2 Å². The van der Waals surface area contributed by atoms with Crippen molar-refractivity contribution in [2.24, 2.45) is 0 Å². The van der Waals surface area contributed by atoms with Crippen LogP contribution in [0.1, 0.15) is 19.4 Å². The number of carbonyl (C=O) groups is 1. The lowest BCUT2D eigenvalue weighted by molar-refractivity contribution is -0.141. The molecule has 116 valence electrons. The van der Waals surface area contributed by atoms with Gasteiger partial charge >= 0.3 is 5.97 Å². The number of carbonyl (C=O) groups excluding carboxylic acids is 1. The van der Waals surface area contributed by atoms with Crippen LogP contribution in [0.15, 0.2) is 40.8 Å². The molecule has 0 bridgehead atoms. The highest BCUT2D eigenvalue weighted by Crippen LogP contribution is 2.14. The number of ether oxygens (including phenoxy) is 1. The van der Waals surface area contributed by atoms with Crippen molar-refractivity contribution >= 4 is 31.7 Å². The van der Waals surface area contributed by atoms with Gasteiger partial charge in [-0.2, -0.15) is 0 Å². The zero-order chi connectivity index (χ0) is 16.0. The van der Waals surface area contributed by atoms with Crippen molar-refractivity contribution < 1.29 is 17.9 Å². The summed E-state index contributed by atoms with van der Waals surface area (Å²) in [5.41, 5.74) is 1.66. The van der Waals surface area contributed by atoms with Gasteiger partial charge in [0, 0.05) is 0 Å². The van der Waals surface area contributed by atoms with E-state index >= 15 is 0 Å². The van der Waals surface area contributed by atoms with E-state index in [1.165, 1.54) is 0 Å². The number of sulfone groups is 1. The van der Waals surface area contributed by atoms with Gasteiger partial charge in [0.25, 0.3) is 0 Å². The van der Waals surface area contributed by atoms with E-state index in [0.29, 0.717) is 10.5 Å². The van der Waals surface area contributed by atoms with Crippen LogP contribution < -0.4 is 0 Å². The number of hydrogen-bond acceptors (Lipinski definition) is 4. The van der Waals surface area contributed by atoms with Crippen LogP contribution in [0.4, 0.5) is 0 Å². The normalized spacial score (nSPS) is 13.8. The molecule has 0 spiro atoms. The Labute approximate surface area is 134 Å². The summed E-state index contributed by atoms with van der Waals surface area (Å²) in [5, 5.41) is 0. The maximum absolute atomic E-state index is 12.2. The van der Waals surface area contributed by atoms with Crippen LogP contribution in [-0.2, 0) is 19.4 Å². The van der Waals surface area contributed by atoms with Gasteiger partial charge in [-0.15, -0.1) is 0 Å². The molecule has 0 radical (unpaired) electrons. The zero-order valence-corrected chi connectivity index (χ0v) is 14.7. The Morgan fingerprint density at radius 2 is 1.90 bits per heavy atom. The number of hydrogen-bond donors (Lipinski definition) is 0. The fraction of sp³-hybridized carbons (Fsp3) is 0.400. The van der Waals surface area contributed by atoms with Gasteiger partial charge in [-0.1, -0.05) is 39.2 Å². The molecule has 0 aliphatic heterocycles. The second-order valence-corrected chi connectivity index (χ2v) is 8.23. The second-order valence-electron chi connectivity index (χ2n) is 4.87. The Balaban J connectivity index is 2.66. The first-order chi connectivity index (χ1) is 9.72. The Hall–Kier alpha value is -1.14. The van der Waals surface area contributed by atoms with Gasteiger partial charge in [0.15, 0.2) is 9.84 Å². The Bertz CT molecular complexity index is 616. The van der Waals surface area contributed by atoms with Gasteiger partial charge in [-0.05, 0) is 39.0 Å². The van der Waals surface area contributed by atoms with Crippen molar-refractivity contribution in [2.75, 3.05) is 12.4 Å². The molecule has 1 rings (SSSR count). The molecule has 1 unspecified atom stereocenters. The van der Waals surface area contributed by atoms with E-state index in [0.717, 1.165) is 5.56 Å². The first-order valence-electron chi connectivity index (χ1n) is 6.48. The summed E-state index contributed by atoms with van der Waals surface area (Å²) in [6.07, 6.45) is 1.61. The van der Waals surface area contributed by atoms with Gasteiger partial charge in [0.2, 0.25) is 0 Å². The number of benzene rings is 1. The van der Waals surface area contributed by atoms with Crippen LogP contribution in [0.2, 0.25) is 0 Å². The van der Waals surface area contributed by atoms with Crippen molar-refractivity contribution in [3.05, 3.63) is 41.5 Å². The van der Waals surface area contributed by atoms with Crippen molar-refractivity contribution in [1.29, 1.82) is 0 Å². The number of aryl methyl sites for hydroxylation is 1. The smallest absolute Gasteiger partial charge is 0.319 e. The van der Waals surface area contributed by atoms with Crippen LogP contribution >= 0.6 is 15.9 Å². The summed E-state index contributed by atoms with van der Waals surface area (Å²) >= 11 is 3.10. The van der Waals surface area contributed by atoms with Crippen molar-refractivity contribution in [3.63, 3.8) is 0 Å². The lowest BCUT2D eigenvalue weighted by Gasteiger charge is -2.07. The molecule has 6 heteroatoms. The van der Waals surface area contributed by atoms with Crippen molar-refractivity contribution in [2.45, 2.75) is 30.5 Å². The molecular formula is C15H19BrO4S. The predicted molar refractivity (Wildman–Crippen MR) is 86.3 cm³/mol. The number of rotatable bonds is 6. The summed E-state index contributed by atoms with van der Waals surface area (Å²) in [4.78, 5) is 11.2. The van der Waals surface area contributed by atoms with Crippen LogP contribution in [0.5, 0.6) is 0 Å². The topological polar surface area (TPSA) is 60.4 Å². The van der Waals surface area contributed by atoms with E-state index in [1.807, 2.05) is 6.92 Å². The Morgan fingerprint density at radius 1 is 1.33 bits per heavy atom. The minimum absolute atomic E-state index is 0.0734. The molecule has 0 fully saturated rings. The molecule has 0 N–H and O–H groups in total. The Morgan fingerprint density at radius 3 is 2.43 bits per heavy atom. The van der Waals surface area contributed by atoms with Gasteiger partial charge in [0.05, 0.1) is 10.6 Å². The van der Waals surface area contributed by atoms with Gasteiger partial charge < -0.3 is 4.74 Å². The largest absolute Gasteiger partial charge is 0.461 e. The molecule has 0 aliphatic carbocycles. The van der Waals surface area contributed by atoms with Crippen LogP contribution in [0, 0.1) is 6.92 Å². The third-order valence-electron chi connectivity index (χ3n) is 2.78. The lowest BCUT2D eigenvalue weighted by atomic mass is 10.2. The molecular weight excluding hydrogens is 356 g/mol. The SMILES string of the molecule is C/C(=C\COC(=O)C(C)Br)CS(=O)(=O)c1ccc(C)cc1. The fourth-order valence-corrected chi connectivity index (χ4v) is 3.14. The van der Waals surface area contributed by atoms with Crippen LogP contribution in [0.3, 0.4) is 0 Å². The average Bonchev–Trinajstić information content (AvgIpc) is 2.38. The predicted octanol–water partition coefficient (Wildman–Crippen LogP) is 3.04. The lowest BCUT2D eigenvalue weighted by Crippen LogP contribution is -2.14. The quantitative estimate of drug-likeness (QED) is 0.436. The first kappa shape index (κ1) is 17.9. The zero-order valence-electron chi connectivity index (χ0n) is 12.3. The molecule has 0 saturated heterocycles. The van der Waals surface area contributed by atoms with Crippen LogP contribution in [-0.4, -0.2) is 31.6 Å². The molecule has 0 saturated carbocycles. The Kier molecular flexibility index (Phi) is 6.61. The highest BCUT2D eigenvalue weighted by atomic mass is 79.9. The van der Waals surface area contributed by atoms with Crippen LogP contribution in [0.25, 0.3) is 0 Å². The summed E-state index contributed by atoms with van der Waals surface area (Å²) in [5.74, 6) is -0.460. The maximum Gasteiger partial charge on any atom is 0.319 e. The van der Waals surface area contributed by atoms with Gasteiger partial charge in [-0.3, -0.25) is 4.79 Å². The molecule has 4 nitrogen and oxygen atoms in total. The molecule has 0 aromatic heterocycles. The van der Waals surface area contributed by atoms with Gasteiger partial charge in [0.1, 0.15) is 11.4 Å². The molecule has 0 amide bonds. The highest BCUT2D eigenvalue weighted by molar-refractivity contribution is 9.10. The molecule has 1 aromatic carbocycles. The third kappa shape index (κ3) is 6.01. The minimum Gasteiger partial charge on any atom is -0.461 e. The minimum atomic E-state index is -3.36. The van der Waals surface area contributed by atoms with E-state index < -0.39 is 9.84 Å². The monoisotopic (exact) mass is 374 g/mol. The fourth-order valence-electron chi connectivity index (χ4n) is 1.57. The second kappa shape index (κ2) is 7.75. The third-order valence-corrected chi connectivity index (χ3v) is 4.98. The molecule has 0 aliphatic rings.